The summed E-state index contributed by atoms with van der Waals surface area (Å²) >= 11 is 0. The van der Waals surface area contributed by atoms with Gasteiger partial charge in [-0.1, -0.05) is 25.0 Å². The van der Waals surface area contributed by atoms with Gasteiger partial charge < -0.3 is 15.8 Å². The number of carbonyl (C=O) groups is 1. The Bertz CT molecular complexity index is 450. The molecule has 0 radical (unpaired) electrons. The number of methoxy groups -OCH3 is 1. The van der Waals surface area contributed by atoms with Gasteiger partial charge in [-0.15, -0.1) is 0 Å². The van der Waals surface area contributed by atoms with Crippen LogP contribution < -0.4 is 15.8 Å². The van der Waals surface area contributed by atoms with Crippen molar-refractivity contribution >= 4 is 5.91 Å². The number of benzene rings is 1. The molecule has 3 N–H and O–H groups in total. The van der Waals surface area contributed by atoms with Gasteiger partial charge in [0.2, 0.25) is 5.91 Å². The zero-order chi connectivity index (χ0) is 14.6. The number of hydrogen-bond donors (Lipinski definition) is 2. The fourth-order valence-electron chi connectivity index (χ4n) is 2.84. The molecule has 0 aliphatic heterocycles. The lowest BCUT2D eigenvalue weighted by Crippen LogP contribution is -2.42. The van der Waals surface area contributed by atoms with E-state index in [-0.39, 0.29) is 17.5 Å². The number of carbonyl (C=O) groups excluding carboxylic acids is 1. The van der Waals surface area contributed by atoms with E-state index in [1.165, 1.54) is 0 Å². The second-order valence-corrected chi connectivity index (χ2v) is 5.81. The van der Waals surface area contributed by atoms with Crippen molar-refractivity contribution in [3.05, 3.63) is 29.8 Å². The van der Waals surface area contributed by atoms with Crippen molar-refractivity contribution in [1.29, 1.82) is 0 Å². The highest BCUT2D eigenvalue weighted by Gasteiger charge is 2.31. The minimum Gasteiger partial charge on any atom is -0.497 e. The molecule has 0 saturated heterocycles. The summed E-state index contributed by atoms with van der Waals surface area (Å²) in [6.07, 6.45) is 4.61. The van der Waals surface area contributed by atoms with Crippen LogP contribution in [0.15, 0.2) is 24.3 Å². The average molecular weight is 276 g/mol. The van der Waals surface area contributed by atoms with Crippen LogP contribution in [0.2, 0.25) is 0 Å². The fourth-order valence-corrected chi connectivity index (χ4v) is 2.84. The summed E-state index contributed by atoms with van der Waals surface area (Å²) in [6, 6.07) is 7.73. The van der Waals surface area contributed by atoms with Crippen molar-refractivity contribution in [3.63, 3.8) is 0 Å². The Morgan fingerprint density at radius 2 is 1.95 bits per heavy atom. The Kier molecular flexibility index (Phi) is 4.65. The molecule has 0 unspecified atom stereocenters. The zero-order valence-electron chi connectivity index (χ0n) is 12.3. The Hall–Kier alpha value is -1.55. The third-order valence-corrected chi connectivity index (χ3v) is 4.11. The second-order valence-electron chi connectivity index (χ2n) is 5.81. The maximum absolute atomic E-state index is 12.1. The molecule has 1 amide bonds. The van der Waals surface area contributed by atoms with Crippen molar-refractivity contribution in [1.82, 2.24) is 5.32 Å². The maximum atomic E-state index is 12.1. The molecule has 1 aliphatic carbocycles. The number of hydrogen-bond acceptors (Lipinski definition) is 3. The molecule has 2 rings (SSSR count). The first-order valence-corrected chi connectivity index (χ1v) is 7.25. The molecule has 4 heteroatoms. The van der Waals surface area contributed by atoms with E-state index in [2.05, 4.69) is 5.32 Å². The third kappa shape index (κ3) is 3.73. The van der Waals surface area contributed by atoms with Gasteiger partial charge >= 0.3 is 0 Å². The van der Waals surface area contributed by atoms with Gasteiger partial charge in [0.05, 0.1) is 13.2 Å². The van der Waals surface area contributed by atoms with Gasteiger partial charge in [-0.2, -0.15) is 0 Å². The number of rotatable bonds is 5. The second kappa shape index (κ2) is 6.27. The largest absolute Gasteiger partial charge is 0.497 e. The lowest BCUT2D eigenvalue weighted by atomic mass is 9.94. The lowest BCUT2D eigenvalue weighted by Gasteiger charge is -2.24. The summed E-state index contributed by atoms with van der Waals surface area (Å²) in [5.41, 5.74) is 7.01. The quantitative estimate of drug-likeness (QED) is 0.868. The summed E-state index contributed by atoms with van der Waals surface area (Å²) in [4.78, 5) is 12.1. The molecular formula is C16H24N2O2. The van der Waals surface area contributed by atoms with Crippen molar-refractivity contribution < 1.29 is 9.53 Å². The molecule has 4 nitrogen and oxygen atoms in total. The summed E-state index contributed by atoms with van der Waals surface area (Å²) < 4.78 is 5.13. The Morgan fingerprint density at radius 3 is 2.50 bits per heavy atom. The van der Waals surface area contributed by atoms with Crippen LogP contribution in [0.3, 0.4) is 0 Å². The van der Waals surface area contributed by atoms with Crippen LogP contribution >= 0.6 is 0 Å². The SMILES string of the molecule is COc1ccc([C@@H](C)NC(=O)CC2(N)CCCC2)cc1. The standard InChI is InChI=1S/C16H24N2O2/c1-12(13-5-7-14(20-2)8-6-13)18-15(19)11-16(17)9-3-4-10-16/h5-8,12H,3-4,9-11,17H2,1-2H3,(H,18,19)/t12-/m1/s1. The fraction of sp³-hybridized carbons (Fsp3) is 0.562. The molecule has 1 saturated carbocycles. The lowest BCUT2D eigenvalue weighted by molar-refractivity contribution is -0.122. The number of nitrogens with two attached hydrogens (primary N) is 1. The number of amides is 1. The van der Waals surface area contributed by atoms with Crippen molar-refractivity contribution in [2.75, 3.05) is 7.11 Å². The molecule has 1 aromatic carbocycles. The molecule has 0 heterocycles. The van der Waals surface area contributed by atoms with E-state index in [1.807, 2.05) is 31.2 Å². The predicted octanol–water partition coefficient (Wildman–Crippen LogP) is 2.53. The first kappa shape index (κ1) is 14.9. The Balaban J connectivity index is 1.89. The summed E-state index contributed by atoms with van der Waals surface area (Å²) in [7, 11) is 1.64. The van der Waals surface area contributed by atoms with E-state index in [1.54, 1.807) is 7.11 Å². The Morgan fingerprint density at radius 1 is 1.35 bits per heavy atom. The van der Waals surface area contributed by atoms with Crippen LogP contribution in [0.4, 0.5) is 0 Å². The van der Waals surface area contributed by atoms with Gasteiger partial charge in [-0.3, -0.25) is 4.79 Å². The molecule has 0 aromatic heterocycles. The molecule has 110 valence electrons. The average Bonchev–Trinajstić information content (AvgIpc) is 2.84. The van der Waals surface area contributed by atoms with Crippen molar-refractivity contribution in [2.45, 2.75) is 50.6 Å². The minimum absolute atomic E-state index is 0.0154. The monoisotopic (exact) mass is 276 g/mol. The highest BCUT2D eigenvalue weighted by molar-refractivity contribution is 5.77. The smallest absolute Gasteiger partial charge is 0.222 e. The number of nitrogens with one attached hydrogen (secondary N) is 1. The summed E-state index contributed by atoms with van der Waals surface area (Å²) in [5, 5.41) is 3.03. The van der Waals surface area contributed by atoms with Crippen LogP contribution in [0.5, 0.6) is 5.75 Å². The highest BCUT2D eigenvalue weighted by atomic mass is 16.5. The highest BCUT2D eigenvalue weighted by Crippen LogP contribution is 2.30. The molecule has 0 bridgehead atoms. The molecule has 1 aromatic rings. The van der Waals surface area contributed by atoms with E-state index in [4.69, 9.17) is 10.5 Å². The van der Waals surface area contributed by atoms with Gasteiger partial charge in [-0.05, 0) is 37.5 Å². The predicted molar refractivity (Wildman–Crippen MR) is 79.6 cm³/mol. The van der Waals surface area contributed by atoms with E-state index in [9.17, 15) is 4.79 Å². The minimum atomic E-state index is -0.288. The first-order valence-electron chi connectivity index (χ1n) is 7.25. The molecule has 1 aliphatic rings. The summed E-state index contributed by atoms with van der Waals surface area (Å²) in [6.45, 7) is 1.98. The molecule has 20 heavy (non-hydrogen) atoms. The number of ether oxygens (including phenoxy) is 1. The first-order chi connectivity index (χ1) is 9.52. The molecular weight excluding hydrogens is 252 g/mol. The van der Waals surface area contributed by atoms with Gasteiger partial charge in [0.15, 0.2) is 0 Å². The molecule has 0 spiro atoms. The van der Waals surface area contributed by atoms with Crippen LogP contribution in [0.25, 0.3) is 0 Å². The van der Waals surface area contributed by atoms with Gasteiger partial charge in [0, 0.05) is 12.0 Å². The normalized spacial score (nSPS) is 18.6. The van der Waals surface area contributed by atoms with Gasteiger partial charge in [-0.25, -0.2) is 0 Å². The van der Waals surface area contributed by atoms with Gasteiger partial charge in [0.25, 0.3) is 0 Å². The van der Waals surface area contributed by atoms with E-state index < -0.39 is 0 Å². The maximum Gasteiger partial charge on any atom is 0.222 e. The van der Waals surface area contributed by atoms with E-state index in [0.29, 0.717) is 6.42 Å². The van der Waals surface area contributed by atoms with Gasteiger partial charge in [0.1, 0.15) is 5.75 Å². The summed E-state index contributed by atoms with van der Waals surface area (Å²) in [5.74, 6) is 0.858. The van der Waals surface area contributed by atoms with Crippen LogP contribution in [-0.4, -0.2) is 18.6 Å². The zero-order valence-corrected chi connectivity index (χ0v) is 12.3. The Labute approximate surface area is 120 Å². The van der Waals surface area contributed by atoms with E-state index >= 15 is 0 Å². The molecule has 1 fully saturated rings. The van der Waals surface area contributed by atoms with Crippen LogP contribution in [0.1, 0.15) is 50.6 Å². The van der Waals surface area contributed by atoms with Crippen LogP contribution in [0, 0.1) is 0 Å². The molecule has 1 atom stereocenters. The van der Waals surface area contributed by atoms with E-state index in [0.717, 1.165) is 37.0 Å². The van der Waals surface area contributed by atoms with Crippen LogP contribution in [-0.2, 0) is 4.79 Å². The topological polar surface area (TPSA) is 64.3 Å². The third-order valence-electron chi connectivity index (χ3n) is 4.11. The van der Waals surface area contributed by atoms with Crippen molar-refractivity contribution in [3.8, 4) is 5.75 Å². The van der Waals surface area contributed by atoms with Crippen molar-refractivity contribution in [2.24, 2.45) is 5.73 Å².